The molecule has 172 valence electrons. The molecule has 1 amide bonds. The first-order valence-corrected chi connectivity index (χ1v) is 10.4. The van der Waals surface area contributed by atoms with Crippen LogP contribution in [0.2, 0.25) is 0 Å². The van der Waals surface area contributed by atoms with Crippen molar-refractivity contribution in [1.82, 2.24) is 9.78 Å². The second-order valence-electron chi connectivity index (χ2n) is 7.50. The molecule has 1 heterocycles. The third-order valence-corrected chi connectivity index (χ3v) is 5.17. The third-order valence-electron chi connectivity index (χ3n) is 5.17. The molecule has 0 atom stereocenters. The van der Waals surface area contributed by atoms with Crippen LogP contribution in [0.4, 0.5) is 11.4 Å². The van der Waals surface area contributed by atoms with Crippen LogP contribution in [0, 0.1) is 24.0 Å². The molecule has 0 aliphatic rings. The van der Waals surface area contributed by atoms with Crippen LogP contribution in [0.1, 0.15) is 21.7 Å². The number of aryl methyl sites for hydroxylation is 1. The molecule has 0 saturated carbocycles. The molecular formula is C25H22N4O5. The van der Waals surface area contributed by atoms with Crippen molar-refractivity contribution < 1.29 is 19.2 Å². The lowest BCUT2D eigenvalue weighted by Crippen LogP contribution is -2.14. The van der Waals surface area contributed by atoms with Crippen molar-refractivity contribution in [3.05, 3.63) is 99.9 Å². The van der Waals surface area contributed by atoms with Gasteiger partial charge in [0.2, 0.25) is 0 Å². The van der Waals surface area contributed by atoms with E-state index in [9.17, 15) is 14.9 Å². The molecule has 34 heavy (non-hydrogen) atoms. The van der Waals surface area contributed by atoms with E-state index in [0.717, 1.165) is 5.69 Å². The number of para-hydroxylation sites is 1. The van der Waals surface area contributed by atoms with Gasteiger partial charge in [0.25, 0.3) is 11.6 Å². The number of hydrogen-bond acceptors (Lipinski definition) is 6. The minimum absolute atomic E-state index is 0.211. The molecule has 0 radical (unpaired) electrons. The fourth-order valence-corrected chi connectivity index (χ4v) is 3.59. The summed E-state index contributed by atoms with van der Waals surface area (Å²) in [6.07, 6.45) is 0. The summed E-state index contributed by atoms with van der Waals surface area (Å²) >= 11 is 0. The zero-order chi connectivity index (χ0) is 24.2. The van der Waals surface area contributed by atoms with E-state index in [1.807, 2.05) is 30.3 Å². The lowest BCUT2D eigenvalue weighted by molar-refractivity contribution is -0.384. The second-order valence-corrected chi connectivity index (χ2v) is 7.50. The minimum atomic E-state index is -0.541. The number of ether oxygens (including phenoxy) is 2. The first-order chi connectivity index (χ1) is 16.4. The van der Waals surface area contributed by atoms with Crippen LogP contribution in [-0.2, 0) is 0 Å². The van der Waals surface area contributed by atoms with Gasteiger partial charge in [-0.15, -0.1) is 0 Å². The first kappa shape index (κ1) is 22.5. The van der Waals surface area contributed by atoms with Gasteiger partial charge in [0.05, 0.1) is 46.4 Å². The predicted octanol–water partition coefficient (Wildman–Crippen LogP) is 5.45. The van der Waals surface area contributed by atoms with Gasteiger partial charge in [0.15, 0.2) is 0 Å². The molecule has 4 aromatic rings. The SMILES string of the molecule is COc1ccc(Oc2cc(NC(=O)c3c(C)nn(-c4ccccc4)c3C)cc([N+](=O)[O-])c2)cc1. The largest absolute Gasteiger partial charge is 0.497 e. The van der Waals surface area contributed by atoms with E-state index < -0.39 is 10.8 Å². The molecule has 0 spiro atoms. The Morgan fingerprint density at radius 2 is 1.65 bits per heavy atom. The number of aromatic nitrogens is 2. The Morgan fingerprint density at radius 3 is 2.29 bits per heavy atom. The number of benzene rings is 3. The van der Waals surface area contributed by atoms with Crippen molar-refractivity contribution in [2.45, 2.75) is 13.8 Å². The van der Waals surface area contributed by atoms with Gasteiger partial charge in [-0.05, 0) is 50.2 Å². The molecular weight excluding hydrogens is 436 g/mol. The molecule has 4 rings (SSSR count). The minimum Gasteiger partial charge on any atom is -0.497 e. The van der Waals surface area contributed by atoms with E-state index in [1.54, 1.807) is 49.9 Å². The summed E-state index contributed by atoms with van der Waals surface area (Å²) in [6.45, 7) is 3.54. The van der Waals surface area contributed by atoms with E-state index in [1.165, 1.54) is 18.2 Å². The van der Waals surface area contributed by atoms with Gasteiger partial charge in [-0.1, -0.05) is 18.2 Å². The number of hydrogen-bond donors (Lipinski definition) is 1. The molecule has 3 aromatic carbocycles. The summed E-state index contributed by atoms with van der Waals surface area (Å²) < 4.78 is 12.6. The average Bonchev–Trinajstić information content (AvgIpc) is 3.13. The molecule has 0 unspecified atom stereocenters. The number of rotatable bonds is 7. The van der Waals surface area contributed by atoms with Crippen LogP contribution >= 0.6 is 0 Å². The van der Waals surface area contributed by atoms with Crippen molar-refractivity contribution in [2.75, 3.05) is 12.4 Å². The smallest absolute Gasteiger partial charge is 0.275 e. The number of nitrogens with one attached hydrogen (secondary N) is 1. The number of non-ortho nitro benzene ring substituents is 1. The van der Waals surface area contributed by atoms with Crippen LogP contribution in [0.25, 0.3) is 5.69 Å². The van der Waals surface area contributed by atoms with Gasteiger partial charge in [-0.25, -0.2) is 4.68 Å². The Morgan fingerprint density at radius 1 is 0.971 bits per heavy atom. The molecule has 9 heteroatoms. The number of nitro groups is 1. The monoisotopic (exact) mass is 458 g/mol. The maximum Gasteiger partial charge on any atom is 0.275 e. The second kappa shape index (κ2) is 9.45. The molecule has 0 bridgehead atoms. The Bertz CT molecular complexity index is 1350. The zero-order valence-corrected chi connectivity index (χ0v) is 18.8. The lowest BCUT2D eigenvalue weighted by atomic mass is 10.1. The van der Waals surface area contributed by atoms with E-state index >= 15 is 0 Å². The standard InChI is InChI=1S/C25H22N4O5/c1-16-24(17(2)28(27-16)19-7-5-4-6-8-19)25(30)26-18-13-20(29(31)32)15-23(14-18)34-22-11-9-21(33-3)10-12-22/h4-15H,1-3H3,(H,26,30). The summed E-state index contributed by atoms with van der Waals surface area (Å²) in [5.74, 6) is 0.909. The molecule has 0 aliphatic carbocycles. The Balaban J connectivity index is 1.62. The normalized spacial score (nSPS) is 10.6. The van der Waals surface area contributed by atoms with Crippen molar-refractivity contribution in [3.63, 3.8) is 0 Å². The average molecular weight is 458 g/mol. The van der Waals surface area contributed by atoms with Crippen molar-refractivity contribution in [2.24, 2.45) is 0 Å². The number of methoxy groups -OCH3 is 1. The number of carbonyl (C=O) groups excluding carboxylic acids is 1. The molecule has 0 saturated heterocycles. The predicted molar refractivity (Wildman–Crippen MR) is 127 cm³/mol. The quantitative estimate of drug-likeness (QED) is 0.291. The topological polar surface area (TPSA) is 109 Å². The molecule has 1 N–H and O–H groups in total. The number of amides is 1. The fourth-order valence-electron chi connectivity index (χ4n) is 3.59. The fraction of sp³-hybridized carbons (Fsp3) is 0.120. The van der Waals surface area contributed by atoms with Gasteiger partial charge < -0.3 is 14.8 Å². The van der Waals surface area contributed by atoms with E-state index in [-0.39, 0.29) is 17.1 Å². The summed E-state index contributed by atoms with van der Waals surface area (Å²) in [5, 5.41) is 18.7. The van der Waals surface area contributed by atoms with E-state index in [4.69, 9.17) is 9.47 Å². The number of carbonyl (C=O) groups is 1. The Labute approximate surface area is 195 Å². The van der Waals surface area contributed by atoms with Crippen molar-refractivity contribution >= 4 is 17.3 Å². The highest BCUT2D eigenvalue weighted by Crippen LogP contribution is 2.31. The summed E-state index contributed by atoms with van der Waals surface area (Å²) in [5.41, 5.74) is 2.43. The highest BCUT2D eigenvalue weighted by Gasteiger charge is 2.21. The molecule has 1 aromatic heterocycles. The van der Waals surface area contributed by atoms with Crippen LogP contribution in [0.15, 0.2) is 72.8 Å². The van der Waals surface area contributed by atoms with E-state index in [2.05, 4.69) is 10.4 Å². The van der Waals surface area contributed by atoms with Gasteiger partial charge in [-0.3, -0.25) is 14.9 Å². The number of nitro benzene ring substituents is 1. The number of anilines is 1. The van der Waals surface area contributed by atoms with Crippen molar-refractivity contribution in [1.29, 1.82) is 0 Å². The summed E-state index contributed by atoms with van der Waals surface area (Å²) in [7, 11) is 1.55. The summed E-state index contributed by atoms with van der Waals surface area (Å²) in [4.78, 5) is 24.1. The number of nitrogens with zero attached hydrogens (tertiary/aromatic N) is 3. The van der Waals surface area contributed by atoms with Crippen LogP contribution in [-0.4, -0.2) is 27.7 Å². The Hall–Kier alpha value is -4.66. The Kier molecular flexibility index (Phi) is 6.26. The first-order valence-electron chi connectivity index (χ1n) is 10.4. The zero-order valence-electron chi connectivity index (χ0n) is 18.8. The highest BCUT2D eigenvalue weighted by molar-refractivity contribution is 6.06. The van der Waals surface area contributed by atoms with Gasteiger partial charge in [0, 0.05) is 12.1 Å². The molecule has 0 aliphatic heterocycles. The molecule has 9 nitrogen and oxygen atoms in total. The van der Waals surface area contributed by atoms with Gasteiger partial charge >= 0.3 is 0 Å². The highest BCUT2D eigenvalue weighted by atomic mass is 16.6. The maximum absolute atomic E-state index is 13.1. The van der Waals surface area contributed by atoms with Gasteiger partial charge in [0.1, 0.15) is 17.2 Å². The van der Waals surface area contributed by atoms with Crippen molar-refractivity contribution in [3.8, 4) is 22.9 Å². The van der Waals surface area contributed by atoms with Gasteiger partial charge in [-0.2, -0.15) is 5.10 Å². The molecule has 0 fully saturated rings. The maximum atomic E-state index is 13.1. The third kappa shape index (κ3) is 4.73. The van der Waals surface area contributed by atoms with Crippen LogP contribution in [0.5, 0.6) is 17.2 Å². The van der Waals surface area contributed by atoms with E-state index in [0.29, 0.717) is 28.5 Å². The van der Waals surface area contributed by atoms with Crippen LogP contribution < -0.4 is 14.8 Å². The van der Waals surface area contributed by atoms with Crippen LogP contribution in [0.3, 0.4) is 0 Å². The summed E-state index contributed by atoms with van der Waals surface area (Å²) in [6, 6.07) is 20.4. The lowest BCUT2D eigenvalue weighted by Gasteiger charge is -2.10.